The van der Waals surface area contributed by atoms with E-state index in [9.17, 15) is 15.0 Å². The van der Waals surface area contributed by atoms with E-state index in [2.05, 4.69) is 4.90 Å². The molecule has 0 bridgehead atoms. The van der Waals surface area contributed by atoms with Crippen LogP contribution < -0.4 is 4.90 Å². The molecule has 2 N–H and O–H groups in total. The molecule has 0 spiro atoms. The molecule has 0 saturated carbocycles. The maximum atomic E-state index is 11.3. The smallest absolute Gasteiger partial charge is 0.337 e. The molecule has 0 radical (unpaired) electrons. The number of aliphatic hydroxyl groups is 1. The molecule has 19 heavy (non-hydrogen) atoms. The molecule has 0 aromatic heterocycles. The lowest BCUT2D eigenvalue weighted by atomic mass is 9.91. The summed E-state index contributed by atoms with van der Waals surface area (Å²) in [6.07, 6.45) is 1.45. The average molecular weight is 284 g/mol. The van der Waals surface area contributed by atoms with Crippen molar-refractivity contribution in [1.29, 1.82) is 0 Å². The van der Waals surface area contributed by atoms with E-state index >= 15 is 0 Å². The number of piperidine rings is 1. The van der Waals surface area contributed by atoms with Gasteiger partial charge < -0.3 is 15.1 Å². The fraction of sp³-hybridized carbons (Fsp3) is 0.500. The zero-order valence-electron chi connectivity index (χ0n) is 10.8. The molecule has 0 amide bonds. The molecule has 1 fully saturated rings. The normalized spacial score (nSPS) is 18.4. The Morgan fingerprint density at radius 1 is 1.42 bits per heavy atom. The van der Waals surface area contributed by atoms with Crippen molar-refractivity contribution in [3.05, 3.63) is 28.8 Å². The van der Waals surface area contributed by atoms with Gasteiger partial charge in [-0.2, -0.15) is 0 Å². The van der Waals surface area contributed by atoms with Crippen LogP contribution in [0.4, 0.5) is 5.69 Å². The number of hydrogen-bond acceptors (Lipinski definition) is 3. The second-order valence-corrected chi connectivity index (χ2v) is 5.47. The van der Waals surface area contributed by atoms with E-state index < -0.39 is 5.97 Å². The van der Waals surface area contributed by atoms with Gasteiger partial charge in [-0.3, -0.25) is 0 Å². The van der Waals surface area contributed by atoms with Crippen LogP contribution >= 0.6 is 11.6 Å². The maximum Gasteiger partial charge on any atom is 0.337 e. The standard InChI is InChI=1S/C14H18ClNO3/c1-9(17)10-4-6-16(7-5-10)13-3-2-11(15)8-12(13)14(18)19/h2-3,8-10,17H,4-7H2,1H3,(H,18,19). The van der Waals surface area contributed by atoms with Gasteiger partial charge in [0.15, 0.2) is 0 Å². The Morgan fingerprint density at radius 3 is 2.58 bits per heavy atom. The van der Waals surface area contributed by atoms with E-state index in [4.69, 9.17) is 11.6 Å². The number of aromatic carboxylic acids is 1. The van der Waals surface area contributed by atoms with Gasteiger partial charge in [-0.05, 0) is 43.9 Å². The first-order valence-electron chi connectivity index (χ1n) is 6.45. The van der Waals surface area contributed by atoms with Gasteiger partial charge in [-0.1, -0.05) is 11.6 Å². The molecule has 1 saturated heterocycles. The van der Waals surface area contributed by atoms with Crippen LogP contribution in [0.25, 0.3) is 0 Å². The number of carboxylic acid groups (broad SMARTS) is 1. The largest absolute Gasteiger partial charge is 0.478 e. The van der Waals surface area contributed by atoms with Gasteiger partial charge in [0, 0.05) is 18.1 Å². The summed E-state index contributed by atoms with van der Waals surface area (Å²) in [4.78, 5) is 13.3. The van der Waals surface area contributed by atoms with Crippen molar-refractivity contribution in [3.8, 4) is 0 Å². The van der Waals surface area contributed by atoms with Crippen LogP contribution in [0.5, 0.6) is 0 Å². The summed E-state index contributed by atoms with van der Waals surface area (Å²) >= 11 is 5.85. The molecular formula is C14H18ClNO3. The molecule has 2 rings (SSSR count). The third-order valence-electron chi connectivity index (χ3n) is 3.75. The van der Waals surface area contributed by atoms with E-state index in [1.807, 2.05) is 6.92 Å². The number of benzene rings is 1. The van der Waals surface area contributed by atoms with E-state index in [1.165, 1.54) is 6.07 Å². The Balaban J connectivity index is 2.17. The number of nitrogens with zero attached hydrogens (tertiary/aromatic N) is 1. The quantitative estimate of drug-likeness (QED) is 0.895. The molecule has 1 aromatic rings. The van der Waals surface area contributed by atoms with Crippen molar-refractivity contribution in [3.63, 3.8) is 0 Å². The van der Waals surface area contributed by atoms with Crippen LogP contribution in [0.2, 0.25) is 5.02 Å². The van der Waals surface area contributed by atoms with Gasteiger partial charge in [0.25, 0.3) is 0 Å². The molecule has 1 heterocycles. The molecule has 1 aliphatic heterocycles. The Bertz CT molecular complexity index is 468. The lowest BCUT2D eigenvalue weighted by molar-refractivity contribution is 0.0696. The third-order valence-corrected chi connectivity index (χ3v) is 3.99. The first-order valence-corrected chi connectivity index (χ1v) is 6.82. The van der Waals surface area contributed by atoms with Gasteiger partial charge in [0.2, 0.25) is 0 Å². The van der Waals surface area contributed by atoms with Crippen LogP contribution in [0.15, 0.2) is 18.2 Å². The minimum atomic E-state index is -0.963. The van der Waals surface area contributed by atoms with Gasteiger partial charge in [0.05, 0.1) is 17.4 Å². The second-order valence-electron chi connectivity index (χ2n) is 5.03. The SMILES string of the molecule is CC(O)C1CCN(c2ccc(Cl)cc2C(=O)O)CC1. The molecule has 1 aromatic carbocycles. The summed E-state index contributed by atoms with van der Waals surface area (Å²) in [6.45, 7) is 3.33. The van der Waals surface area contributed by atoms with Gasteiger partial charge in [-0.25, -0.2) is 4.79 Å². The maximum absolute atomic E-state index is 11.3. The number of anilines is 1. The first kappa shape index (κ1) is 14.2. The molecule has 1 unspecified atom stereocenters. The van der Waals surface area contributed by atoms with Crippen molar-refractivity contribution >= 4 is 23.3 Å². The minimum absolute atomic E-state index is 0.239. The predicted molar refractivity (Wildman–Crippen MR) is 75.0 cm³/mol. The van der Waals surface area contributed by atoms with E-state index in [1.54, 1.807) is 12.1 Å². The first-order chi connectivity index (χ1) is 8.99. The van der Waals surface area contributed by atoms with Gasteiger partial charge in [-0.15, -0.1) is 0 Å². The van der Waals surface area contributed by atoms with Crippen molar-refractivity contribution in [2.24, 2.45) is 5.92 Å². The van der Waals surface area contributed by atoms with E-state index in [0.717, 1.165) is 25.9 Å². The Kier molecular flexibility index (Phi) is 4.32. The summed E-state index contributed by atoms with van der Waals surface area (Å²) in [5, 5.41) is 19.2. The third kappa shape index (κ3) is 3.19. The molecule has 0 aliphatic carbocycles. The van der Waals surface area contributed by atoms with Gasteiger partial charge in [0.1, 0.15) is 0 Å². The Labute approximate surface area is 117 Å². The van der Waals surface area contributed by atoms with Crippen LogP contribution in [-0.2, 0) is 0 Å². The van der Waals surface area contributed by atoms with Crippen LogP contribution in [-0.4, -0.2) is 35.4 Å². The van der Waals surface area contributed by atoms with E-state index in [-0.39, 0.29) is 11.7 Å². The summed E-state index contributed by atoms with van der Waals surface area (Å²) in [5.74, 6) is -0.660. The summed E-state index contributed by atoms with van der Waals surface area (Å²) < 4.78 is 0. The van der Waals surface area contributed by atoms with Gasteiger partial charge >= 0.3 is 5.97 Å². The summed E-state index contributed by atoms with van der Waals surface area (Å²) in [6, 6.07) is 4.96. The number of halogens is 1. The lowest BCUT2D eigenvalue weighted by Crippen LogP contribution is -2.37. The molecule has 104 valence electrons. The number of hydrogen-bond donors (Lipinski definition) is 2. The highest BCUT2D eigenvalue weighted by Gasteiger charge is 2.25. The fourth-order valence-electron chi connectivity index (χ4n) is 2.58. The monoisotopic (exact) mass is 283 g/mol. The highest BCUT2D eigenvalue weighted by atomic mass is 35.5. The minimum Gasteiger partial charge on any atom is -0.478 e. The Hall–Kier alpha value is -1.26. The Morgan fingerprint density at radius 2 is 2.05 bits per heavy atom. The summed E-state index contributed by atoms with van der Waals surface area (Å²) in [7, 11) is 0. The van der Waals surface area contributed by atoms with Crippen LogP contribution in [0.1, 0.15) is 30.1 Å². The molecule has 1 aliphatic rings. The predicted octanol–water partition coefficient (Wildman–Crippen LogP) is 2.64. The molecule has 1 atom stereocenters. The van der Waals surface area contributed by atoms with Crippen molar-refractivity contribution in [2.75, 3.05) is 18.0 Å². The average Bonchev–Trinajstić information content (AvgIpc) is 2.38. The van der Waals surface area contributed by atoms with Crippen LogP contribution in [0, 0.1) is 5.92 Å². The number of aliphatic hydroxyl groups excluding tert-OH is 1. The molecular weight excluding hydrogens is 266 g/mol. The second kappa shape index (κ2) is 5.80. The highest BCUT2D eigenvalue weighted by Crippen LogP contribution is 2.29. The number of carboxylic acids is 1. The lowest BCUT2D eigenvalue weighted by Gasteiger charge is -2.35. The summed E-state index contributed by atoms with van der Waals surface area (Å²) in [5.41, 5.74) is 0.948. The number of carbonyl (C=O) groups is 1. The van der Waals surface area contributed by atoms with Crippen LogP contribution in [0.3, 0.4) is 0 Å². The zero-order chi connectivity index (χ0) is 14.0. The molecule has 5 heteroatoms. The highest BCUT2D eigenvalue weighted by molar-refractivity contribution is 6.31. The van der Waals surface area contributed by atoms with E-state index in [0.29, 0.717) is 16.6 Å². The topological polar surface area (TPSA) is 60.8 Å². The van der Waals surface area contributed by atoms with Crippen molar-refractivity contribution in [2.45, 2.75) is 25.9 Å². The van der Waals surface area contributed by atoms with Crippen molar-refractivity contribution in [1.82, 2.24) is 0 Å². The van der Waals surface area contributed by atoms with Crippen molar-refractivity contribution < 1.29 is 15.0 Å². The number of rotatable bonds is 3. The fourth-order valence-corrected chi connectivity index (χ4v) is 2.75. The zero-order valence-corrected chi connectivity index (χ0v) is 11.6. The molecule has 4 nitrogen and oxygen atoms in total.